The summed E-state index contributed by atoms with van der Waals surface area (Å²) in [5.74, 6) is 0.477. The van der Waals surface area contributed by atoms with Gasteiger partial charge >= 0.3 is 0 Å². The third kappa shape index (κ3) is 3.69. The van der Waals surface area contributed by atoms with Gasteiger partial charge in [-0.3, -0.25) is 0 Å². The van der Waals surface area contributed by atoms with Crippen LogP contribution in [-0.2, 0) is 10.0 Å². The normalized spacial score (nSPS) is 13.4. The Morgan fingerprint density at radius 2 is 2.18 bits per heavy atom. The summed E-state index contributed by atoms with van der Waals surface area (Å²) in [5, 5.41) is 8.99. The van der Waals surface area contributed by atoms with E-state index in [-0.39, 0.29) is 11.5 Å². The Hall–Kier alpha value is -1.11. The zero-order valence-corrected chi connectivity index (χ0v) is 10.7. The van der Waals surface area contributed by atoms with Gasteiger partial charge in [-0.15, -0.1) is 0 Å². The third-order valence-corrected chi connectivity index (χ3v) is 3.90. The molecule has 0 fully saturated rings. The van der Waals surface area contributed by atoms with Gasteiger partial charge in [0.1, 0.15) is 5.75 Å². The molecule has 0 unspecified atom stereocenters. The van der Waals surface area contributed by atoms with Crippen LogP contribution >= 0.6 is 0 Å². The molecule has 1 rings (SSSR count). The van der Waals surface area contributed by atoms with Crippen LogP contribution < -0.4 is 9.46 Å². The number of sulfonamides is 1. The van der Waals surface area contributed by atoms with Crippen molar-refractivity contribution in [2.75, 3.05) is 13.7 Å². The van der Waals surface area contributed by atoms with Crippen LogP contribution in [0.4, 0.5) is 0 Å². The van der Waals surface area contributed by atoms with Crippen molar-refractivity contribution < 1.29 is 18.3 Å². The minimum Gasteiger partial charge on any atom is -0.497 e. The van der Waals surface area contributed by atoms with Crippen molar-refractivity contribution in [1.82, 2.24) is 4.72 Å². The smallest absolute Gasteiger partial charge is 0.241 e. The van der Waals surface area contributed by atoms with E-state index >= 15 is 0 Å². The largest absolute Gasteiger partial charge is 0.497 e. The number of hydrogen-bond acceptors (Lipinski definition) is 4. The minimum atomic E-state index is -3.61. The quantitative estimate of drug-likeness (QED) is 0.790. The van der Waals surface area contributed by atoms with Crippen molar-refractivity contribution in [2.45, 2.75) is 24.3 Å². The van der Waals surface area contributed by atoms with Crippen LogP contribution in [0.1, 0.15) is 13.3 Å². The second-order valence-corrected chi connectivity index (χ2v) is 5.30. The second-order valence-electron chi connectivity index (χ2n) is 3.59. The van der Waals surface area contributed by atoms with Gasteiger partial charge in [-0.1, -0.05) is 13.0 Å². The molecule has 0 heterocycles. The predicted molar refractivity (Wildman–Crippen MR) is 64.5 cm³/mol. The number of hydrogen-bond donors (Lipinski definition) is 2. The number of rotatable bonds is 6. The van der Waals surface area contributed by atoms with Gasteiger partial charge in [0.2, 0.25) is 10.0 Å². The summed E-state index contributed by atoms with van der Waals surface area (Å²) in [5.41, 5.74) is 0. The lowest BCUT2D eigenvalue weighted by Crippen LogP contribution is -2.36. The van der Waals surface area contributed by atoms with Crippen LogP contribution in [0.3, 0.4) is 0 Å². The molecule has 96 valence electrons. The molecule has 1 aromatic carbocycles. The fourth-order valence-electron chi connectivity index (χ4n) is 1.31. The third-order valence-electron chi connectivity index (χ3n) is 2.39. The average molecular weight is 259 g/mol. The summed E-state index contributed by atoms with van der Waals surface area (Å²) < 4.78 is 31.3. The molecule has 0 bridgehead atoms. The van der Waals surface area contributed by atoms with Crippen LogP contribution in [-0.4, -0.2) is 33.3 Å². The zero-order chi connectivity index (χ0) is 12.9. The maximum Gasteiger partial charge on any atom is 0.241 e. The van der Waals surface area contributed by atoms with Crippen LogP contribution in [0.2, 0.25) is 0 Å². The van der Waals surface area contributed by atoms with Crippen molar-refractivity contribution in [3.05, 3.63) is 24.3 Å². The van der Waals surface area contributed by atoms with E-state index < -0.39 is 16.1 Å². The van der Waals surface area contributed by atoms with Crippen LogP contribution in [0.5, 0.6) is 5.75 Å². The highest BCUT2D eigenvalue weighted by Crippen LogP contribution is 2.17. The molecule has 1 aromatic rings. The summed E-state index contributed by atoms with van der Waals surface area (Å²) in [6, 6.07) is 5.73. The molecule has 0 radical (unpaired) electrons. The number of aliphatic hydroxyl groups is 1. The van der Waals surface area contributed by atoms with Crippen LogP contribution in [0, 0.1) is 0 Å². The highest BCUT2D eigenvalue weighted by molar-refractivity contribution is 7.89. The summed E-state index contributed by atoms with van der Waals surface area (Å²) in [4.78, 5) is 0.128. The van der Waals surface area contributed by atoms with E-state index in [4.69, 9.17) is 9.84 Å². The summed E-state index contributed by atoms with van der Waals surface area (Å²) in [6.07, 6.45) is 0.527. The van der Waals surface area contributed by atoms with E-state index in [1.54, 1.807) is 19.1 Å². The molecule has 0 aromatic heterocycles. The molecule has 1 atom stereocenters. The number of methoxy groups -OCH3 is 1. The van der Waals surface area contributed by atoms with E-state index in [1.807, 2.05) is 0 Å². The Bertz CT molecular complexity index is 454. The van der Waals surface area contributed by atoms with Gasteiger partial charge in [0.15, 0.2) is 0 Å². The Balaban J connectivity index is 2.96. The fraction of sp³-hybridized carbons (Fsp3) is 0.455. The number of aliphatic hydroxyl groups excluding tert-OH is 1. The first kappa shape index (κ1) is 14.0. The van der Waals surface area contributed by atoms with Gasteiger partial charge < -0.3 is 9.84 Å². The van der Waals surface area contributed by atoms with E-state index in [2.05, 4.69) is 4.72 Å². The van der Waals surface area contributed by atoms with Gasteiger partial charge in [0.05, 0.1) is 18.6 Å². The first-order valence-corrected chi connectivity index (χ1v) is 6.79. The molecule has 5 nitrogen and oxygen atoms in total. The summed E-state index contributed by atoms with van der Waals surface area (Å²) >= 11 is 0. The van der Waals surface area contributed by atoms with E-state index in [9.17, 15) is 8.42 Å². The maximum absolute atomic E-state index is 12.0. The molecule has 0 saturated heterocycles. The van der Waals surface area contributed by atoms with Crippen molar-refractivity contribution in [3.8, 4) is 5.75 Å². The van der Waals surface area contributed by atoms with Crippen molar-refractivity contribution in [1.29, 1.82) is 0 Å². The molecule has 0 saturated carbocycles. The number of ether oxygens (including phenoxy) is 1. The first-order valence-electron chi connectivity index (χ1n) is 5.30. The van der Waals surface area contributed by atoms with Crippen molar-refractivity contribution in [2.24, 2.45) is 0 Å². The molecule has 0 aliphatic rings. The lowest BCUT2D eigenvalue weighted by atomic mass is 10.3. The molecule has 0 aliphatic heterocycles. The highest BCUT2D eigenvalue weighted by atomic mass is 32.2. The van der Waals surface area contributed by atoms with Crippen LogP contribution in [0.25, 0.3) is 0 Å². The summed E-state index contributed by atoms with van der Waals surface area (Å²) in [7, 11) is -2.13. The molecule has 17 heavy (non-hydrogen) atoms. The monoisotopic (exact) mass is 259 g/mol. The molecular weight excluding hydrogens is 242 g/mol. The Kier molecular flexibility index (Phi) is 4.92. The molecule has 2 N–H and O–H groups in total. The van der Waals surface area contributed by atoms with Gasteiger partial charge in [-0.2, -0.15) is 0 Å². The Morgan fingerprint density at radius 3 is 2.71 bits per heavy atom. The van der Waals surface area contributed by atoms with E-state index in [1.165, 1.54) is 19.2 Å². The Morgan fingerprint density at radius 1 is 1.47 bits per heavy atom. The first-order chi connectivity index (χ1) is 8.03. The van der Waals surface area contributed by atoms with E-state index in [0.717, 1.165) is 0 Å². The highest BCUT2D eigenvalue weighted by Gasteiger charge is 2.18. The molecule has 6 heteroatoms. The molecule has 0 aliphatic carbocycles. The van der Waals surface area contributed by atoms with Gasteiger partial charge in [0, 0.05) is 12.1 Å². The summed E-state index contributed by atoms with van der Waals surface area (Å²) in [6.45, 7) is 1.58. The lowest BCUT2D eigenvalue weighted by Gasteiger charge is -2.14. The fourth-order valence-corrected chi connectivity index (χ4v) is 2.65. The SMILES string of the molecule is CC[C@H](CO)NS(=O)(=O)c1cccc(OC)c1. The minimum absolute atomic E-state index is 0.128. The predicted octanol–water partition coefficient (Wildman–Crippen LogP) is 0.744. The lowest BCUT2D eigenvalue weighted by molar-refractivity contribution is 0.254. The zero-order valence-electron chi connectivity index (χ0n) is 9.88. The van der Waals surface area contributed by atoms with Crippen molar-refractivity contribution >= 4 is 10.0 Å². The van der Waals surface area contributed by atoms with Crippen LogP contribution in [0.15, 0.2) is 29.2 Å². The number of nitrogens with one attached hydrogen (secondary N) is 1. The second kappa shape index (κ2) is 6.00. The van der Waals surface area contributed by atoms with Gasteiger partial charge in [-0.05, 0) is 18.6 Å². The molecule has 0 amide bonds. The Labute approximate surface area is 101 Å². The van der Waals surface area contributed by atoms with Crippen molar-refractivity contribution in [3.63, 3.8) is 0 Å². The maximum atomic E-state index is 12.0. The molecule has 0 spiro atoms. The van der Waals surface area contributed by atoms with Gasteiger partial charge in [-0.25, -0.2) is 13.1 Å². The van der Waals surface area contributed by atoms with Gasteiger partial charge in [0.25, 0.3) is 0 Å². The average Bonchev–Trinajstić information content (AvgIpc) is 2.36. The number of benzene rings is 1. The standard InChI is InChI=1S/C11H17NO4S/c1-3-9(8-13)12-17(14,15)11-6-4-5-10(7-11)16-2/h4-7,9,12-13H,3,8H2,1-2H3/t9-/m1/s1. The van der Waals surface area contributed by atoms with E-state index in [0.29, 0.717) is 12.2 Å². The topological polar surface area (TPSA) is 75.6 Å². The molecular formula is C11H17NO4S.